The van der Waals surface area contributed by atoms with Gasteiger partial charge >= 0.3 is 0 Å². The van der Waals surface area contributed by atoms with Crippen molar-refractivity contribution in [1.29, 1.82) is 0 Å². The van der Waals surface area contributed by atoms with Crippen molar-refractivity contribution in [2.75, 3.05) is 11.9 Å². The Morgan fingerprint density at radius 3 is 2.89 bits per heavy atom. The van der Waals surface area contributed by atoms with Gasteiger partial charge in [-0.2, -0.15) is 0 Å². The van der Waals surface area contributed by atoms with Crippen molar-refractivity contribution in [1.82, 2.24) is 9.97 Å². The Morgan fingerprint density at radius 2 is 2.11 bits per heavy atom. The van der Waals surface area contributed by atoms with Gasteiger partial charge in [-0.15, -0.1) is 0 Å². The number of amides is 1. The zero-order chi connectivity index (χ0) is 12.5. The minimum atomic E-state index is -0.652. The number of nitrogens with zero attached hydrogens (tertiary/aromatic N) is 3. The van der Waals surface area contributed by atoms with Gasteiger partial charge in [0.25, 0.3) is 5.91 Å². The Balaban J connectivity index is 2.04. The number of carbonyl (C=O) groups is 1. The summed E-state index contributed by atoms with van der Waals surface area (Å²) in [6.45, 7) is 0. The number of ether oxygens (including phenoxy) is 1. The second kappa shape index (κ2) is 4.10. The molecule has 90 valence electrons. The molecule has 1 aliphatic rings. The van der Waals surface area contributed by atoms with Crippen molar-refractivity contribution in [3.05, 3.63) is 48.4 Å². The summed E-state index contributed by atoms with van der Waals surface area (Å²) in [5, 5.41) is 0. The van der Waals surface area contributed by atoms with Crippen LogP contribution in [0.15, 0.2) is 42.9 Å². The van der Waals surface area contributed by atoms with E-state index in [0.717, 1.165) is 5.56 Å². The van der Waals surface area contributed by atoms with Gasteiger partial charge in [0.2, 0.25) is 6.10 Å². The molecule has 3 heterocycles. The van der Waals surface area contributed by atoms with E-state index in [1.165, 1.54) is 4.90 Å². The zero-order valence-electron chi connectivity index (χ0n) is 9.78. The predicted octanol–water partition coefficient (Wildman–Crippen LogP) is 1.57. The minimum Gasteiger partial charge on any atom is -0.472 e. The lowest BCUT2D eigenvalue weighted by Gasteiger charge is -2.30. The Bertz CT molecular complexity index is 586. The van der Waals surface area contributed by atoms with Crippen molar-refractivity contribution < 1.29 is 9.53 Å². The zero-order valence-corrected chi connectivity index (χ0v) is 9.78. The molecule has 18 heavy (non-hydrogen) atoms. The average Bonchev–Trinajstić information content (AvgIpc) is 2.44. The number of hydrogen-bond donors (Lipinski definition) is 0. The van der Waals surface area contributed by atoms with Crippen molar-refractivity contribution in [2.45, 2.75) is 6.10 Å². The summed E-state index contributed by atoms with van der Waals surface area (Å²) in [5.74, 6) is 1.00. The van der Waals surface area contributed by atoms with Crippen LogP contribution in [-0.4, -0.2) is 22.9 Å². The van der Waals surface area contributed by atoms with Crippen molar-refractivity contribution in [2.24, 2.45) is 0 Å². The van der Waals surface area contributed by atoms with Gasteiger partial charge in [0.15, 0.2) is 11.6 Å². The summed E-state index contributed by atoms with van der Waals surface area (Å²) < 4.78 is 5.71. The third kappa shape index (κ3) is 1.60. The van der Waals surface area contributed by atoms with E-state index < -0.39 is 6.10 Å². The van der Waals surface area contributed by atoms with E-state index in [4.69, 9.17) is 4.74 Å². The Labute approximate surface area is 104 Å². The van der Waals surface area contributed by atoms with E-state index in [1.54, 1.807) is 43.8 Å². The van der Waals surface area contributed by atoms with Crippen LogP contribution in [0.5, 0.6) is 5.75 Å². The molecule has 5 nitrogen and oxygen atoms in total. The van der Waals surface area contributed by atoms with Crippen LogP contribution in [-0.2, 0) is 4.79 Å². The van der Waals surface area contributed by atoms with Gasteiger partial charge in [-0.25, -0.2) is 4.98 Å². The van der Waals surface area contributed by atoms with Gasteiger partial charge in [0.05, 0.1) is 0 Å². The van der Waals surface area contributed by atoms with Crippen molar-refractivity contribution >= 4 is 11.7 Å². The van der Waals surface area contributed by atoms with E-state index in [1.807, 2.05) is 6.07 Å². The maximum atomic E-state index is 12.2. The first-order chi connectivity index (χ1) is 8.77. The molecule has 1 atom stereocenters. The van der Waals surface area contributed by atoms with Crippen molar-refractivity contribution in [3.8, 4) is 5.75 Å². The Kier molecular flexibility index (Phi) is 2.44. The first-order valence-corrected chi connectivity index (χ1v) is 5.56. The Morgan fingerprint density at radius 1 is 1.28 bits per heavy atom. The summed E-state index contributed by atoms with van der Waals surface area (Å²) in [6, 6.07) is 7.19. The quantitative estimate of drug-likeness (QED) is 0.760. The molecule has 0 aromatic carbocycles. The van der Waals surface area contributed by atoms with Gasteiger partial charge < -0.3 is 4.74 Å². The molecule has 0 bridgehead atoms. The number of hydrogen-bond acceptors (Lipinski definition) is 4. The molecule has 0 fully saturated rings. The van der Waals surface area contributed by atoms with E-state index in [0.29, 0.717) is 11.6 Å². The van der Waals surface area contributed by atoms with Crippen LogP contribution < -0.4 is 9.64 Å². The summed E-state index contributed by atoms with van der Waals surface area (Å²) >= 11 is 0. The predicted molar refractivity (Wildman–Crippen MR) is 65.3 cm³/mol. The van der Waals surface area contributed by atoms with E-state index >= 15 is 0 Å². The molecule has 0 aliphatic carbocycles. The molecule has 2 aromatic heterocycles. The molecule has 0 spiro atoms. The molecule has 1 amide bonds. The molecule has 1 unspecified atom stereocenters. The van der Waals surface area contributed by atoms with Crippen LogP contribution >= 0.6 is 0 Å². The number of fused-ring (bicyclic) bond motifs is 1. The maximum Gasteiger partial charge on any atom is 0.273 e. The Hall–Kier alpha value is -2.43. The fraction of sp³-hybridized carbons (Fsp3) is 0.154. The fourth-order valence-corrected chi connectivity index (χ4v) is 1.93. The number of anilines is 1. The average molecular weight is 241 g/mol. The van der Waals surface area contributed by atoms with E-state index in [9.17, 15) is 4.79 Å². The van der Waals surface area contributed by atoms with Crippen LogP contribution in [0.1, 0.15) is 11.7 Å². The number of aromatic nitrogens is 2. The third-order valence-corrected chi connectivity index (χ3v) is 2.86. The van der Waals surface area contributed by atoms with Gasteiger partial charge in [0.1, 0.15) is 0 Å². The summed E-state index contributed by atoms with van der Waals surface area (Å²) in [4.78, 5) is 21.9. The van der Waals surface area contributed by atoms with Gasteiger partial charge in [-0.1, -0.05) is 6.07 Å². The lowest BCUT2D eigenvalue weighted by Crippen LogP contribution is -2.38. The first kappa shape index (κ1) is 10.7. The van der Waals surface area contributed by atoms with Gasteiger partial charge in [0, 0.05) is 31.2 Å². The summed E-state index contributed by atoms with van der Waals surface area (Å²) in [6.07, 6.45) is 4.28. The highest BCUT2D eigenvalue weighted by atomic mass is 16.5. The van der Waals surface area contributed by atoms with Crippen LogP contribution in [0.4, 0.5) is 5.82 Å². The largest absolute Gasteiger partial charge is 0.472 e. The van der Waals surface area contributed by atoms with E-state index in [-0.39, 0.29) is 5.91 Å². The minimum absolute atomic E-state index is 0.144. The smallest absolute Gasteiger partial charge is 0.273 e. The van der Waals surface area contributed by atoms with Gasteiger partial charge in [-0.05, 0) is 18.2 Å². The highest BCUT2D eigenvalue weighted by Crippen LogP contribution is 2.35. The second-order valence-corrected chi connectivity index (χ2v) is 4.01. The molecule has 0 N–H and O–H groups in total. The molecule has 0 saturated carbocycles. The molecule has 1 aliphatic heterocycles. The number of pyridine rings is 2. The molecule has 2 aromatic rings. The first-order valence-electron chi connectivity index (χ1n) is 5.56. The third-order valence-electron chi connectivity index (χ3n) is 2.86. The fourth-order valence-electron chi connectivity index (χ4n) is 1.93. The molecular formula is C13H11N3O2. The number of rotatable bonds is 1. The summed E-state index contributed by atoms with van der Waals surface area (Å²) in [7, 11) is 1.69. The monoisotopic (exact) mass is 241 g/mol. The standard InChI is InChI=1S/C13H11N3O2/c1-16-12-10(5-3-7-15-12)18-11(13(16)17)9-4-2-6-14-8-9/h2-8,11H,1H3. The molecule has 3 rings (SSSR count). The lowest BCUT2D eigenvalue weighted by molar-refractivity contribution is -0.126. The highest BCUT2D eigenvalue weighted by molar-refractivity contribution is 5.98. The molecule has 0 saturated heterocycles. The topological polar surface area (TPSA) is 55.3 Å². The van der Waals surface area contributed by atoms with Crippen LogP contribution in [0.3, 0.4) is 0 Å². The van der Waals surface area contributed by atoms with Crippen molar-refractivity contribution in [3.63, 3.8) is 0 Å². The van der Waals surface area contributed by atoms with Crippen LogP contribution in [0, 0.1) is 0 Å². The van der Waals surface area contributed by atoms with E-state index in [2.05, 4.69) is 9.97 Å². The van der Waals surface area contributed by atoms with Crippen LogP contribution in [0.2, 0.25) is 0 Å². The normalized spacial score (nSPS) is 18.2. The SMILES string of the molecule is CN1C(=O)C(c2cccnc2)Oc2cccnc21. The number of carbonyl (C=O) groups excluding carboxylic acids is 1. The second-order valence-electron chi connectivity index (χ2n) is 4.01. The molecule has 5 heteroatoms. The van der Waals surface area contributed by atoms with Crippen LogP contribution in [0.25, 0.3) is 0 Å². The van der Waals surface area contributed by atoms with Gasteiger partial charge in [-0.3, -0.25) is 14.7 Å². The molecular weight excluding hydrogens is 230 g/mol. The lowest BCUT2D eigenvalue weighted by atomic mass is 10.1. The maximum absolute atomic E-state index is 12.2. The highest BCUT2D eigenvalue weighted by Gasteiger charge is 2.34. The number of likely N-dealkylation sites (N-methyl/N-ethyl adjacent to an activating group) is 1. The summed E-state index contributed by atoms with van der Waals surface area (Å²) in [5.41, 5.74) is 0.740. The molecule has 0 radical (unpaired) electrons.